The maximum Gasteiger partial charge on any atom is 0.158 e. The van der Waals surface area contributed by atoms with Gasteiger partial charge in [0.1, 0.15) is 12.1 Å². The van der Waals surface area contributed by atoms with E-state index in [4.69, 9.17) is 10.5 Å². The molecule has 0 radical (unpaired) electrons. The number of rotatable bonds is 1. The SMILES string of the molecule is CC1(c2cc(C#N)c(F)c(C#N)c2)CCCCC1. The van der Waals surface area contributed by atoms with E-state index in [9.17, 15) is 4.39 Å². The molecule has 0 heterocycles. The first-order valence-electron chi connectivity index (χ1n) is 6.25. The van der Waals surface area contributed by atoms with Crippen LogP contribution in [0.3, 0.4) is 0 Å². The largest absolute Gasteiger partial charge is 0.204 e. The van der Waals surface area contributed by atoms with Crippen molar-refractivity contribution in [2.24, 2.45) is 0 Å². The Kier molecular flexibility index (Phi) is 3.34. The second-order valence-electron chi connectivity index (χ2n) is 5.23. The zero-order valence-corrected chi connectivity index (χ0v) is 10.5. The van der Waals surface area contributed by atoms with Crippen molar-refractivity contribution < 1.29 is 4.39 Å². The number of benzene rings is 1. The lowest BCUT2D eigenvalue weighted by atomic mass is 9.70. The molecule has 0 bridgehead atoms. The van der Waals surface area contributed by atoms with Gasteiger partial charge in [0.05, 0.1) is 11.1 Å². The zero-order chi connectivity index (χ0) is 13.2. The predicted octanol–water partition coefficient (Wildman–Crippen LogP) is 3.79. The lowest BCUT2D eigenvalue weighted by Crippen LogP contribution is -2.25. The Balaban J connectivity index is 2.52. The third-order valence-electron chi connectivity index (χ3n) is 3.97. The first-order valence-corrected chi connectivity index (χ1v) is 6.25. The summed E-state index contributed by atoms with van der Waals surface area (Å²) >= 11 is 0. The molecule has 3 heteroatoms. The smallest absolute Gasteiger partial charge is 0.158 e. The second kappa shape index (κ2) is 4.78. The van der Waals surface area contributed by atoms with E-state index < -0.39 is 5.82 Å². The average molecular weight is 242 g/mol. The second-order valence-corrected chi connectivity index (χ2v) is 5.23. The van der Waals surface area contributed by atoms with E-state index in [0.717, 1.165) is 31.2 Å². The van der Waals surface area contributed by atoms with Gasteiger partial charge in [-0.05, 0) is 36.0 Å². The van der Waals surface area contributed by atoms with Crippen LogP contribution in [0.2, 0.25) is 0 Å². The molecule has 2 rings (SSSR count). The van der Waals surface area contributed by atoms with Crippen molar-refractivity contribution in [1.29, 1.82) is 10.5 Å². The van der Waals surface area contributed by atoms with Crippen LogP contribution in [0.5, 0.6) is 0 Å². The van der Waals surface area contributed by atoms with Crippen molar-refractivity contribution in [3.63, 3.8) is 0 Å². The zero-order valence-electron chi connectivity index (χ0n) is 10.5. The van der Waals surface area contributed by atoms with Crippen LogP contribution < -0.4 is 0 Å². The van der Waals surface area contributed by atoms with Crippen molar-refractivity contribution in [2.75, 3.05) is 0 Å². The van der Waals surface area contributed by atoms with Crippen LogP contribution in [0.4, 0.5) is 4.39 Å². The van der Waals surface area contributed by atoms with E-state index in [1.54, 1.807) is 12.1 Å². The van der Waals surface area contributed by atoms with Crippen molar-refractivity contribution >= 4 is 0 Å². The van der Waals surface area contributed by atoms with Crippen molar-refractivity contribution in [1.82, 2.24) is 0 Å². The Bertz CT molecular complexity index is 508. The summed E-state index contributed by atoms with van der Waals surface area (Å²) in [5.74, 6) is -0.692. The highest BCUT2D eigenvalue weighted by molar-refractivity contribution is 5.46. The van der Waals surface area contributed by atoms with Gasteiger partial charge in [-0.1, -0.05) is 26.2 Å². The summed E-state index contributed by atoms with van der Waals surface area (Å²) in [5.41, 5.74) is 0.867. The van der Waals surface area contributed by atoms with Gasteiger partial charge in [-0.3, -0.25) is 0 Å². The topological polar surface area (TPSA) is 47.6 Å². The molecule has 2 nitrogen and oxygen atoms in total. The number of nitriles is 2. The van der Waals surface area contributed by atoms with E-state index in [0.29, 0.717) is 0 Å². The summed E-state index contributed by atoms with van der Waals surface area (Å²) in [6.45, 7) is 2.14. The van der Waals surface area contributed by atoms with Gasteiger partial charge in [0, 0.05) is 0 Å². The molecule has 1 aromatic carbocycles. The molecule has 0 aliphatic heterocycles. The Morgan fingerprint density at radius 1 is 1.06 bits per heavy atom. The van der Waals surface area contributed by atoms with Gasteiger partial charge in [-0.2, -0.15) is 10.5 Å². The quantitative estimate of drug-likeness (QED) is 0.752. The summed E-state index contributed by atoms with van der Waals surface area (Å²) in [6, 6.07) is 6.91. The molecule has 1 saturated carbocycles. The van der Waals surface area contributed by atoms with Crippen LogP contribution in [-0.4, -0.2) is 0 Å². The van der Waals surface area contributed by atoms with E-state index in [1.807, 2.05) is 12.1 Å². The van der Waals surface area contributed by atoms with E-state index >= 15 is 0 Å². The highest BCUT2D eigenvalue weighted by atomic mass is 19.1. The predicted molar refractivity (Wildman–Crippen MR) is 66.3 cm³/mol. The molecular formula is C15H15FN2. The Morgan fingerprint density at radius 2 is 1.56 bits per heavy atom. The van der Waals surface area contributed by atoms with Crippen LogP contribution in [0, 0.1) is 28.5 Å². The molecule has 0 saturated heterocycles. The molecule has 1 aromatic rings. The summed E-state index contributed by atoms with van der Waals surface area (Å²) in [7, 11) is 0. The first-order chi connectivity index (χ1) is 8.60. The molecule has 0 amide bonds. The van der Waals surface area contributed by atoms with Crippen molar-refractivity contribution in [3.05, 3.63) is 34.6 Å². The first kappa shape index (κ1) is 12.6. The maximum absolute atomic E-state index is 13.7. The molecular weight excluding hydrogens is 227 g/mol. The van der Waals surface area contributed by atoms with E-state index in [-0.39, 0.29) is 16.5 Å². The normalized spacial score (nSPS) is 17.8. The van der Waals surface area contributed by atoms with Gasteiger partial charge < -0.3 is 0 Å². The summed E-state index contributed by atoms with van der Waals surface area (Å²) in [4.78, 5) is 0. The maximum atomic E-state index is 13.7. The van der Waals surface area contributed by atoms with E-state index in [1.165, 1.54) is 6.42 Å². The lowest BCUT2D eigenvalue weighted by molar-refractivity contribution is 0.319. The van der Waals surface area contributed by atoms with Gasteiger partial charge in [-0.25, -0.2) is 4.39 Å². The van der Waals surface area contributed by atoms with Crippen LogP contribution in [0.25, 0.3) is 0 Å². The highest BCUT2D eigenvalue weighted by Crippen LogP contribution is 2.39. The summed E-state index contributed by atoms with van der Waals surface area (Å²) < 4.78 is 13.7. The number of hydrogen-bond acceptors (Lipinski definition) is 2. The molecule has 1 aliphatic carbocycles. The highest BCUT2D eigenvalue weighted by Gasteiger charge is 2.30. The van der Waals surface area contributed by atoms with Gasteiger partial charge >= 0.3 is 0 Å². The van der Waals surface area contributed by atoms with Gasteiger partial charge in [0.15, 0.2) is 5.82 Å². The summed E-state index contributed by atoms with van der Waals surface area (Å²) in [6.07, 6.45) is 5.60. The van der Waals surface area contributed by atoms with Gasteiger partial charge in [0.25, 0.3) is 0 Å². The fraction of sp³-hybridized carbons (Fsp3) is 0.467. The minimum absolute atomic E-state index is 0.0177. The Labute approximate surface area is 107 Å². The van der Waals surface area contributed by atoms with Crippen molar-refractivity contribution in [2.45, 2.75) is 44.4 Å². The molecule has 1 fully saturated rings. The molecule has 0 spiro atoms. The van der Waals surface area contributed by atoms with Crippen LogP contribution in [0.1, 0.15) is 55.7 Å². The van der Waals surface area contributed by atoms with E-state index in [2.05, 4.69) is 6.92 Å². The van der Waals surface area contributed by atoms with Gasteiger partial charge in [0.2, 0.25) is 0 Å². The molecule has 92 valence electrons. The molecule has 0 N–H and O–H groups in total. The molecule has 0 unspecified atom stereocenters. The number of nitrogens with zero attached hydrogens (tertiary/aromatic N) is 2. The fourth-order valence-electron chi connectivity index (χ4n) is 2.76. The number of halogens is 1. The fourth-order valence-corrected chi connectivity index (χ4v) is 2.76. The van der Waals surface area contributed by atoms with Crippen LogP contribution in [0.15, 0.2) is 12.1 Å². The Hall–Kier alpha value is -1.87. The van der Waals surface area contributed by atoms with Crippen LogP contribution in [-0.2, 0) is 5.41 Å². The minimum Gasteiger partial charge on any atom is -0.204 e. The molecule has 18 heavy (non-hydrogen) atoms. The standard InChI is InChI=1S/C15H15FN2/c1-15(5-3-2-4-6-15)13-7-11(9-17)14(16)12(8-13)10-18/h7-8H,2-6H2,1H3. The van der Waals surface area contributed by atoms with Gasteiger partial charge in [-0.15, -0.1) is 0 Å². The minimum atomic E-state index is -0.692. The van der Waals surface area contributed by atoms with Crippen molar-refractivity contribution in [3.8, 4) is 12.1 Å². The molecule has 1 aliphatic rings. The lowest BCUT2D eigenvalue weighted by Gasteiger charge is -2.34. The number of hydrogen-bond donors (Lipinski definition) is 0. The molecule has 0 aromatic heterocycles. The average Bonchev–Trinajstić information content (AvgIpc) is 2.39. The Morgan fingerprint density at radius 3 is 2.00 bits per heavy atom. The molecule has 0 atom stereocenters. The monoisotopic (exact) mass is 242 g/mol. The third-order valence-corrected chi connectivity index (χ3v) is 3.97. The summed E-state index contributed by atoms with van der Waals surface area (Å²) in [5, 5.41) is 17.9. The van der Waals surface area contributed by atoms with Crippen LogP contribution >= 0.6 is 0 Å². The third kappa shape index (κ3) is 2.09.